The second-order valence-electron chi connectivity index (χ2n) is 4.18. The van der Waals surface area contributed by atoms with E-state index in [-0.39, 0.29) is 10.9 Å². The number of ether oxygens (including phenoxy) is 1. The zero-order valence-electron chi connectivity index (χ0n) is 9.93. The first kappa shape index (κ1) is 13.3. The molecule has 6 nitrogen and oxygen atoms in total. The van der Waals surface area contributed by atoms with Gasteiger partial charge in [0.1, 0.15) is 0 Å². The predicted molar refractivity (Wildman–Crippen MR) is 68.9 cm³/mol. The summed E-state index contributed by atoms with van der Waals surface area (Å²) in [5, 5.41) is 11.6. The zero-order valence-corrected chi connectivity index (χ0v) is 10.7. The maximum absolute atomic E-state index is 11.1. The molecule has 1 unspecified atom stereocenters. The minimum Gasteiger partial charge on any atom is -0.383 e. The molecule has 0 saturated carbocycles. The lowest BCUT2D eigenvalue weighted by Gasteiger charge is -2.24. The van der Waals surface area contributed by atoms with Crippen LogP contribution in [0.15, 0.2) is 29.2 Å². The second-order valence-corrected chi connectivity index (χ2v) is 5.74. The van der Waals surface area contributed by atoms with Crippen molar-refractivity contribution in [2.24, 2.45) is 5.14 Å². The van der Waals surface area contributed by atoms with E-state index in [0.717, 1.165) is 25.4 Å². The quantitative estimate of drug-likeness (QED) is 0.701. The summed E-state index contributed by atoms with van der Waals surface area (Å²) in [7, 11) is -3.62. The van der Waals surface area contributed by atoms with Crippen LogP contribution in [0.25, 0.3) is 0 Å². The van der Waals surface area contributed by atoms with Crippen molar-refractivity contribution < 1.29 is 13.2 Å². The molecule has 0 aromatic heterocycles. The number of sulfonamides is 1. The molecule has 0 amide bonds. The maximum atomic E-state index is 11.1. The van der Waals surface area contributed by atoms with Crippen LogP contribution in [0.4, 0.5) is 5.69 Å². The summed E-state index contributed by atoms with van der Waals surface area (Å²) in [5.41, 5.74) is 0.856. The number of rotatable bonds is 4. The van der Waals surface area contributed by atoms with Crippen LogP contribution < -0.4 is 15.8 Å². The molecule has 1 aromatic carbocycles. The maximum Gasteiger partial charge on any atom is 0.238 e. The minimum atomic E-state index is -3.62. The van der Waals surface area contributed by atoms with Crippen molar-refractivity contribution in [3.63, 3.8) is 0 Å². The van der Waals surface area contributed by atoms with E-state index in [2.05, 4.69) is 10.6 Å². The van der Waals surface area contributed by atoms with E-state index in [4.69, 9.17) is 9.88 Å². The van der Waals surface area contributed by atoms with Crippen LogP contribution in [-0.2, 0) is 14.8 Å². The Kier molecular flexibility index (Phi) is 4.18. The average Bonchev–Trinajstić information content (AvgIpc) is 2.37. The minimum absolute atomic E-state index is 0.118. The van der Waals surface area contributed by atoms with Gasteiger partial charge in [-0.25, -0.2) is 13.6 Å². The smallest absolute Gasteiger partial charge is 0.238 e. The monoisotopic (exact) mass is 271 g/mol. The molecule has 1 heterocycles. The molecule has 0 bridgehead atoms. The SMILES string of the molecule is NS(=O)(=O)c1ccc(NCC2COCCN2)cc1. The first-order valence-corrected chi connectivity index (χ1v) is 7.28. The molecule has 1 atom stereocenters. The van der Waals surface area contributed by atoms with Crippen molar-refractivity contribution in [2.75, 3.05) is 31.6 Å². The van der Waals surface area contributed by atoms with E-state index in [1.54, 1.807) is 12.1 Å². The largest absolute Gasteiger partial charge is 0.383 e. The average molecular weight is 271 g/mol. The highest BCUT2D eigenvalue weighted by Gasteiger charge is 2.12. The van der Waals surface area contributed by atoms with Gasteiger partial charge in [-0.1, -0.05) is 0 Å². The van der Waals surface area contributed by atoms with Crippen molar-refractivity contribution >= 4 is 15.7 Å². The Balaban J connectivity index is 1.90. The molecule has 0 aliphatic carbocycles. The van der Waals surface area contributed by atoms with Crippen molar-refractivity contribution in [2.45, 2.75) is 10.9 Å². The fourth-order valence-electron chi connectivity index (χ4n) is 1.75. The molecule has 1 aliphatic rings. The van der Waals surface area contributed by atoms with Gasteiger partial charge in [0.2, 0.25) is 10.0 Å². The number of nitrogens with two attached hydrogens (primary N) is 1. The lowest BCUT2D eigenvalue weighted by Crippen LogP contribution is -2.45. The molecule has 0 radical (unpaired) electrons. The lowest BCUT2D eigenvalue weighted by atomic mass is 10.2. The molecule has 0 spiro atoms. The number of primary sulfonamides is 1. The van der Waals surface area contributed by atoms with Crippen LogP contribution in [0.1, 0.15) is 0 Å². The topological polar surface area (TPSA) is 93.5 Å². The molecule has 100 valence electrons. The van der Waals surface area contributed by atoms with Gasteiger partial charge < -0.3 is 15.4 Å². The summed E-state index contributed by atoms with van der Waals surface area (Å²) in [6, 6.07) is 6.65. The Morgan fingerprint density at radius 1 is 1.39 bits per heavy atom. The molecule has 1 aromatic rings. The first-order chi connectivity index (χ1) is 8.55. The van der Waals surface area contributed by atoms with Gasteiger partial charge in [-0.15, -0.1) is 0 Å². The van der Waals surface area contributed by atoms with Crippen LogP contribution >= 0.6 is 0 Å². The Morgan fingerprint density at radius 2 is 2.11 bits per heavy atom. The van der Waals surface area contributed by atoms with E-state index in [1.807, 2.05) is 0 Å². The zero-order chi connectivity index (χ0) is 13.0. The van der Waals surface area contributed by atoms with Gasteiger partial charge in [0.05, 0.1) is 18.1 Å². The normalized spacial score (nSPS) is 20.6. The fourth-order valence-corrected chi connectivity index (χ4v) is 2.27. The third-order valence-corrected chi connectivity index (χ3v) is 3.66. The van der Waals surface area contributed by atoms with E-state index in [1.165, 1.54) is 12.1 Å². The van der Waals surface area contributed by atoms with Crippen molar-refractivity contribution in [3.8, 4) is 0 Å². The van der Waals surface area contributed by atoms with Gasteiger partial charge in [0.25, 0.3) is 0 Å². The molecule has 18 heavy (non-hydrogen) atoms. The lowest BCUT2D eigenvalue weighted by molar-refractivity contribution is 0.0806. The molecule has 2 rings (SSSR count). The number of hydrogen-bond acceptors (Lipinski definition) is 5. The Labute approximate surface area is 107 Å². The summed E-state index contributed by atoms with van der Waals surface area (Å²) >= 11 is 0. The van der Waals surface area contributed by atoms with Gasteiger partial charge in [-0.3, -0.25) is 0 Å². The molecule has 1 fully saturated rings. The Bertz CT molecular complexity index is 481. The van der Waals surface area contributed by atoms with Crippen molar-refractivity contribution in [1.29, 1.82) is 0 Å². The summed E-state index contributed by atoms with van der Waals surface area (Å²) < 4.78 is 27.5. The third-order valence-electron chi connectivity index (χ3n) is 2.73. The van der Waals surface area contributed by atoms with Crippen LogP contribution in [0.2, 0.25) is 0 Å². The molecule has 1 aliphatic heterocycles. The van der Waals surface area contributed by atoms with E-state index >= 15 is 0 Å². The number of hydrogen-bond donors (Lipinski definition) is 3. The number of morpholine rings is 1. The van der Waals surface area contributed by atoms with Crippen LogP contribution in [0.5, 0.6) is 0 Å². The molecule has 1 saturated heterocycles. The van der Waals surface area contributed by atoms with Crippen LogP contribution in [0.3, 0.4) is 0 Å². The number of benzene rings is 1. The summed E-state index contributed by atoms with van der Waals surface area (Å²) in [6.45, 7) is 3.02. The summed E-state index contributed by atoms with van der Waals surface area (Å²) in [4.78, 5) is 0.118. The molecular weight excluding hydrogens is 254 g/mol. The number of anilines is 1. The Morgan fingerprint density at radius 3 is 2.67 bits per heavy atom. The molecular formula is C11H17N3O3S. The highest BCUT2D eigenvalue weighted by Crippen LogP contribution is 2.12. The van der Waals surface area contributed by atoms with Gasteiger partial charge in [0, 0.05) is 24.8 Å². The van der Waals surface area contributed by atoms with Gasteiger partial charge >= 0.3 is 0 Å². The van der Waals surface area contributed by atoms with Crippen LogP contribution in [0, 0.1) is 0 Å². The van der Waals surface area contributed by atoms with Gasteiger partial charge in [-0.2, -0.15) is 0 Å². The molecule has 7 heteroatoms. The van der Waals surface area contributed by atoms with E-state index < -0.39 is 10.0 Å². The highest BCUT2D eigenvalue weighted by atomic mass is 32.2. The summed E-state index contributed by atoms with van der Waals surface area (Å²) in [6.07, 6.45) is 0. The first-order valence-electron chi connectivity index (χ1n) is 5.73. The van der Waals surface area contributed by atoms with E-state index in [0.29, 0.717) is 6.61 Å². The third kappa shape index (κ3) is 3.67. The van der Waals surface area contributed by atoms with Crippen molar-refractivity contribution in [3.05, 3.63) is 24.3 Å². The van der Waals surface area contributed by atoms with Gasteiger partial charge in [-0.05, 0) is 24.3 Å². The number of nitrogens with one attached hydrogen (secondary N) is 2. The summed E-state index contributed by atoms with van der Waals surface area (Å²) in [5.74, 6) is 0. The molecule has 4 N–H and O–H groups in total. The fraction of sp³-hybridized carbons (Fsp3) is 0.455. The van der Waals surface area contributed by atoms with Crippen molar-refractivity contribution in [1.82, 2.24) is 5.32 Å². The highest BCUT2D eigenvalue weighted by molar-refractivity contribution is 7.89. The van der Waals surface area contributed by atoms with E-state index in [9.17, 15) is 8.42 Å². The van der Waals surface area contributed by atoms with Crippen LogP contribution in [-0.4, -0.2) is 40.8 Å². The second kappa shape index (κ2) is 5.66. The standard InChI is InChI=1S/C11H17N3O3S/c12-18(15,16)11-3-1-9(2-4-11)14-7-10-8-17-6-5-13-10/h1-4,10,13-14H,5-8H2,(H2,12,15,16). The van der Waals surface area contributed by atoms with Gasteiger partial charge in [0.15, 0.2) is 0 Å². The predicted octanol–water partition coefficient (Wildman–Crippen LogP) is -0.266. The Hall–Kier alpha value is -1.15.